The van der Waals surface area contributed by atoms with Crippen LogP contribution >= 0.6 is 15.9 Å². The molecular formula is C19H32BrNO3Si. The van der Waals surface area contributed by atoms with Crippen molar-refractivity contribution in [3.63, 3.8) is 0 Å². The van der Waals surface area contributed by atoms with E-state index < -0.39 is 8.32 Å². The molecule has 6 heteroatoms. The van der Waals surface area contributed by atoms with Crippen molar-refractivity contribution in [2.45, 2.75) is 77.0 Å². The van der Waals surface area contributed by atoms with E-state index >= 15 is 0 Å². The number of rotatable bonds is 7. The van der Waals surface area contributed by atoms with Gasteiger partial charge in [0.1, 0.15) is 6.10 Å². The van der Waals surface area contributed by atoms with Crippen LogP contribution < -0.4 is 0 Å². The van der Waals surface area contributed by atoms with Crippen molar-refractivity contribution in [3.8, 4) is 0 Å². The zero-order valence-electron chi connectivity index (χ0n) is 16.2. The lowest BCUT2D eigenvalue weighted by Crippen LogP contribution is -2.41. The van der Waals surface area contributed by atoms with Gasteiger partial charge in [0, 0.05) is 30.3 Å². The molecule has 2 atom stereocenters. The average Bonchev–Trinajstić information content (AvgIpc) is 2.54. The fraction of sp³-hybridized carbons (Fsp3) is 0.737. The maximum atomic E-state index is 6.34. The zero-order chi connectivity index (χ0) is 18.5. The zero-order valence-corrected chi connectivity index (χ0v) is 18.8. The fourth-order valence-electron chi connectivity index (χ4n) is 2.50. The maximum Gasteiger partial charge on any atom is 0.191 e. The lowest BCUT2D eigenvalue weighted by atomic mass is 10.1. The van der Waals surface area contributed by atoms with Crippen LogP contribution in [0.4, 0.5) is 0 Å². The van der Waals surface area contributed by atoms with Gasteiger partial charge in [-0.3, -0.25) is 4.98 Å². The summed E-state index contributed by atoms with van der Waals surface area (Å²) in [5.41, 5.74) is 0.941. The SMILES string of the molecule is CC(C)(C)[Si](C)(C)OCCC(OC1CCCCO1)c1ccc(Br)cn1. The Morgan fingerprint density at radius 1 is 1.32 bits per heavy atom. The first-order valence-corrected chi connectivity index (χ1v) is 12.9. The van der Waals surface area contributed by atoms with Gasteiger partial charge in [-0.05, 0) is 65.5 Å². The second-order valence-corrected chi connectivity index (χ2v) is 13.9. The quantitative estimate of drug-likeness (QED) is 0.510. The minimum absolute atomic E-state index is 0.0963. The number of ether oxygens (including phenoxy) is 2. The van der Waals surface area contributed by atoms with E-state index in [1.54, 1.807) is 0 Å². The summed E-state index contributed by atoms with van der Waals surface area (Å²) in [6.45, 7) is 12.8. The molecule has 1 aromatic rings. The Kier molecular flexibility index (Phi) is 7.64. The summed E-state index contributed by atoms with van der Waals surface area (Å²) in [5, 5.41) is 0.214. The number of halogens is 1. The standard InChI is InChI=1S/C19H32BrNO3Si/c1-19(2,3)25(4,5)23-13-11-17(16-10-9-15(20)14-21-16)24-18-8-6-7-12-22-18/h9-10,14,17-18H,6-8,11-13H2,1-5H3. The predicted molar refractivity (Wildman–Crippen MR) is 107 cm³/mol. The van der Waals surface area contributed by atoms with E-state index in [4.69, 9.17) is 13.9 Å². The first kappa shape index (κ1) is 21.0. The van der Waals surface area contributed by atoms with Crippen molar-refractivity contribution in [2.75, 3.05) is 13.2 Å². The van der Waals surface area contributed by atoms with Gasteiger partial charge in [-0.15, -0.1) is 0 Å². The Labute approximate surface area is 161 Å². The molecule has 0 bridgehead atoms. The van der Waals surface area contributed by atoms with Crippen LogP contribution in [0.25, 0.3) is 0 Å². The van der Waals surface area contributed by atoms with E-state index in [9.17, 15) is 0 Å². The van der Waals surface area contributed by atoms with Crippen LogP contribution in [0.5, 0.6) is 0 Å². The lowest BCUT2D eigenvalue weighted by molar-refractivity contribution is -0.193. The first-order valence-electron chi connectivity index (χ1n) is 9.21. The molecule has 0 radical (unpaired) electrons. The van der Waals surface area contributed by atoms with Crippen LogP contribution in [-0.4, -0.2) is 32.8 Å². The molecule has 4 nitrogen and oxygen atoms in total. The van der Waals surface area contributed by atoms with E-state index in [0.29, 0.717) is 6.61 Å². The molecule has 2 unspecified atom stereocenters. The van der Waals surface area contributed by atoms with Crippen molar-refractivity contribution in [2.24, 2.45) is 0 Å². The fourth-order valence-corrected chi connectivity index (χ4v) is 3.80. The van der Waals surface area contributed by atoms with Gasteiger partial charge in [-0.25, -0.2) is 0 Å². The number of nitrogens with zero attached hydrogens (tertiary/aromatic N) is 1. The lowest BCUT2D eigenvalue weighted by Gasteiger charge is -2.36. The summed E-state index contributed by atoms with van der Waals surface area (Å²) in [7, 11) is -1.75. The highest BCUT2D eigenvalue weighted by Gasteiger charge is 2.37. The molecule has 1 aromatic heterocycles. The monoisotopic (exact) mass is 429 g/mol. The molecule has 142 valence electrons. The highest BCUT2D eigenvalue weighted by atomic mass is 79.9. The van der Waals surface area contributed by atoms with Gasteiger partial charge >= 0.3 is 0 Å². The summed E-state index contributed by atoms with van der Waals surface area (Å²) >= 11 is 3.45. The van der Waals surface area contributed by atoms with E-state index in [-0.39, 0.29) is 17.4 Å². The molecule has 25 heavy (non-hydrogen) atoms. The molecule has 0 amide bonds. The summed E-state index contributed by atoms with van der Waals surface area (Å²) in [6.07, 6.45) is 5.62. The number of hydrogen-bond donors (Lipinski definition) is 0. The van der Waals surface area contributed by atoms with E-state index in [1.807, 2.05) is 18.3 Å². The minimum Gasteiger partial charge on any atom is -0.417 e. The van der Waals surface area contributed by atoms with Crippen LogP contribution in [0.3, 0.4) is 0 Å². The topological polar surface area (TPSA) is 40.6 Å². The highest BCUT2D eigenvalue weighted by molar-refractivity contribution is 9.10. The second kappa shape index (κ2) is 9.09. The molecule has 1 aliphatic heterocycles. The largest absolute Gasteiger partial charge is 0.417 e. The molecule has 2 rings (SSSR count). The van der Waals surface area contributed by atoms with Crippen LogP contribution in [0.15, 0.2) is 22.8 Å². The molecule has 0 aromatic carbocycles. The van der Waals surface area contributed by atoms with Gasteiger partial charge in [0.25, 0.3) is 0 Å². The van der Waals surface area contributed by atoms with E-state index in [1.165, 1.54) is 0 Å². The van der Waals surface area contributed by atoms with Gasteiger partial charge in [-0.2, -0.15) is 0 Å². The smallest absolute Gasteiger partial charge is 0.191 e. The summed E-state index contributed by atoms with van der Waals surface area (Å²) in [4.78, 5) is 4.54. The molecule has 2 heterocycles. The molecule has 1 saturated heterocycles. The van der Waals surface area contributed by atoms with Crippen LogP contribution in [-0.2, 0) is 13.9 Å². The normalized spacial score (nSPS) is 20.5. The van der Waals surface area contributed by atoms with Crippen LogP contribution in [0, 0.1) is 0 Å². The minimum atomic E-state index is -1.75. The molecular weight excluding hydrogens is 398 g/mol. The summed E-state index contributed by atoms with van der Waals surface area (Å²) in [6, 6.07) is 4.03. The van der Waals surface area contributed by atoms with Crippen LogP contribution in [0.2, 0.25) is 18.1 Å². The second-order valence-electron chi connectivity index (χ2n) is 8.22. The van der Waals surface area contributed by atoms with E-state index in [2.05, 4.69) is 54.8 Å². The summed E-state index contributed by atoms with van der Waals surface area (Å²) < 4.78 is 19.3. The van der Waals surface area contributed by atoms with Crippen molar-refractivity contribution in [1.29, 1.82) is 0 Å². The third-order valence-corrected chi connectivity index (χ3v) is 10.2. The van der Waals surface area contributed by atoms with Crippen molar-refractivity contribution >= 4 is 24.2 Å². The molecule has 0 spiro atoms. The Morgan fingerprint density at radius 3 is 2.64 bits per heavy atom. The highest BCUT2D eigenvalue weighted by Crippen LogP contribution is 2.37. The summed E-state index contributed by atoms with van der Waals surface area (Å²) in [5.74, 6) is 0. The Morgan fingerprint density at radius 2 is 2.08 bits per heavy atom. The van der Waals surface area contributed by atoms with Crippen molar-refractivity contribution in [1.82, 2.24) is 4.98 Å². The third-order valence-electron chi connectivity index (χ3n) is 5.18. The van der Waals surface area contributed by atoms with Gasteiger partial charge in [-0.1, -0.05) is 20.8 Å². The first-order chi connectivity index (χ1) is 11.7. The molecule has 0 aliphatic carbocycles. The predicted octanol–water partition coefficient (Wildman–Crippen LogP) is 5.84. The van der Waals surface area contributed by atoms with Crippen molar-refractivity contribution in [3.05, 3.63) is 28.5 Å². The van der Waals surface area contributed by atoms with Gasteiger partial charge in [0.2, 0.25) is 0 Å². The number of hydrogen-bond acceptors (Lipinski definition) is 4. The van der Waals surface area contributed by atoms with Crippen molar-refractivity contribution < 1.29 is 13.9 Å². The number of pyridine rings is 1. The van der Waals surface area contributed by atoms with Gasteiger partial charge in [0.15, 0.2) is 14.6 Å². The van der Waals surface area contributed by atoms with E-state index in [0.717, 1.165) is 42.5 Å². The molecule has 1 aliphatic rings. The molecule has 0 saturated carbocycles. The van der Waals surface area contributed by atoms with Crippen LogP contribution in [0.1, 0.15) is 58.3 Å². The van der Waals surface area contributed by atoms with Gasteiger partial charge in [0.05, 0.1) is 5.69 Å². The maximum absolute atomic E-state index is 6.34. The average molecular weight is 430 g/mol. The Balaban J connectivity index is 2.00. The third kappa shape index (κ3) is 6.43. The molecule has 1 fully saturated rings. The Hall–Kier alpha value is -0.273. The number of aromatic nitrogens is 1. The molecule has 0 N–H and O–H groups in total. The Bertz CT molecular complexity index is 524. The van der Waals surface area contributed by atoms with Gasteiger partial charge < -0.3 is 13.9 Å².